The first-order valence-electron chi connectivity index (χ1n) is 10.3. The zero-order chi connectivity index (χ0) is 24.4. The second kappa shape index (κ2) is 9.03. The van der Waals surface area contributed by atoms with Crippen LogP contribution in [0.4, 0.5) is 11.4 Å². The summed E-state index contributed by atoms with van der Waals surface area (Å²) in [6.45, 7) is 0. The second-order valence-electron chi connectivity index (χ2n) is 7.85. The number of carbonyl (C=O) groups excluding carboxylic acids is 1. The summed E-state index contributed by atoms with van der Waals surface area (Å²) >= 11 is 0. The van der Waals surface area contributed by atoms with E-state index in [4.69, 9.17) is 0 Å². The summed E-state index contributed by atoms with van der Waals surface area (Å²) in [5.41, 5.74) is 2.74. The molecule has 1 heterocycles. The summed E-state index contributed by atoms with van der Waals surface area (Å²) in [6.07, 6.45) is 1.72. The van der Waals surface area contributed by atoms with Gasteiger partial charge in [0.1, 0.15) is 5.71 Å². The Morgan fingerprint density at radius 3 is 2.00 bits per heavy atom. The molecule has 1 aliphatic heterocycles. The number of nitrogens with zero attached hydrogens (tertiary/aromatic N) is 3. The fourth-order valence-corrected chi connectivity index (χ4v) is 3.54. The van der Waals surface area contributed by atoms with Crippen molar-refractivity contribution in [2.75, 3.05) is 24.0 Å². The number of carbonyl (C=O) groups is 3. The first-order chi connectivity index (χ1) is 16.2. The first-order valence-corrected chi connectivity index (χ1v) is 10.3. The summed E-state index contributed by atoms with van der Waals surface area (Å²) in [6, 6.07) is 20.2. The van der Waals surface area contributed by atoms with Crippen LogP contribution in [0.1, 0.15) is 31.8 Å². The summed E-state index contributed by atoms with van der Waals surface area (Å²) in [5.74, 6) is -3.10. The van der Waals surface area contributed by atoms with Crippen LogP contribution in [0.3, 0.4) is 0 Å². The van der Waals surface area contributed by atoms with Crippen molar-refractivity contribution in [1.82, 2.24) is 0 Å². The predicted octanol–water partition coefficient (Wildman–Crippen LogP) is 3.98. The molecule has 0 radical (unpaired) electrons. The maximum Gasteiger partial charge on any atom is 0.335 e. The fraction of sp³-hybridized carbons (Fsp3) is 0.0769. The number of anilines is 2. The molecule has 3 aromatic carbocycles. The third-order valence-corrected chi connectivity index (χ3v) is 5.30. The van der Waals surface area contributed by atoms with Crippen LogP contribution in [0.5, 0.6) is 0 Å². The molecule has 0 bridgehead atoms. The lowest BCUT2D eigenvalue weighted by molar-refractivity contribution is -0.114. The van der Waals surface area contributed by atoms with Gasteiger partial charge in [0.15, 0.2) is 0 Å². The number of rotatable bonds is 6. The van der Waals surface area contributed by atoms with Gasteiger partial charge in [0.25, 0.3) is 5.91 Å². The summed E-state index contributed by atoms with van der Waals surface area (Å²) in [7, 11) is 3.87. The lowest BCUT2D eigenvalue weighted by Gasteiger charge is -2.13. The maximum atomic E-state index is 13.5. The number of hydrogen-bond donors (Lipinski definition) is 2. The molecular formula is C26H21N3O5. The van der Waals surface area contributed by atoms with E-state index in [1.165, 1.54) is 12.1 Å². The molecule has 8 nitrogen and oxygen atoms in total. The van der Waals surface area contributed by atoms with Gasteiger partial charge in [-0.2, -0.15) is 10.1 Å². The van der Waals surface area contributed by atoms with Gasteiger partial charge in [-0.05, 0) is 42.0 Å². The molecule has 0 aromatic heterocycles. The van der Waals surface area contributed by atoms with Crippen LogP contribution in [0, 0.1) is 0 Å². The first kappa shape index (κ1) is 22.5. The molecule has 1 aliphatic rings. The van der Waals surface area contributed by atoms with Crippen molar-refractivity contribution in [1.29, 1.82) is 0 Å². The highest BCUT2D eigenvalue weighted by Gasteiger charge is 2.33. The van der Waals surface area contributed by atoms with E-state index in [-0.39, 0.29) is 16.8 Å². The second-order valence-corrected chi connectivity index (χ2v) is 7.85. The maximum absolute atomic E-state index is 13.5. The number of benzene rings is 3. The normalized spacial score (nSPS) is 14.3. The third-order valence-electron chi connectivity index (χ3n) is 5.30. The zero-order valence-corrected chi connectivity index (χ0v) is 18.5. The van der Waals surface area contributed by atoms with Crippen molar-refractivity contribution in [3.8, 4) is 0 Å². The van der Waals surface area contributed by atoms with Crippen LogP contribution in [0.25, 0.3) is 6.08 Å². The standard InChI is InChI=1S/C26H21N3O5/c1-28(2)20-10-8-16(9-11-20)12-22-23(17-6-4-3-5-7-17)27-29(24(22)30)21-14-18(25(31)32)13-19(15-21)26(33)34/h3-15H,1-2H3,(H,31,32)(H,33,34)/b22-12+. The van der Waals surface area contributed by atoms with Crippen LogP contribution in [0.15, 0.2) is 83.5 Å². The zero-order valence-electron chi connectivity index (χ0n) is 18.5. The number of hydrazone groups is 1. The predicted molar refractivity (Wildman–Crippen MR) is 130 cm³/mol. The van der Waals surface area contributed by atoms with Gasteiger partial charge in [0.05, 0.1) is 22.4 Å². The van der Waals surface area contributed by atoms with Crippen molar-refractivity contribution in [3.05, 3.63) is 101 Å². The van der Waals surface area contributed by atoms with E-state index in [0.29, 0.717) is 16.8 Å². The quantitative estimate of drug-likeness (QED) is 0.544. The molecular weight excluding hydrogens is 434 g/mol. The summed E-state index contributed by atoms with van der Waals surface area (Å²) < 4.78 is 0. The molecule has 0 atom stereocenters. The topological polar surface area (TPSA) is 111 Å². The molecule has 8 heteroatoms. The number of amides is 1. The molecule has 0 spiro atoms. The molecule has 0 fully saturated rings. The van der Waals surface area contributed by atoms with E-state index in [0.717, 1.165) is 22.3 Å². The van der Waals surface area contributed by atoms with Crippen LogP contribution in [0.2, 0.25) is 0 Å². The highest BCUT2D eigenvalue weighted by atomic mass is 16.4. The Hall–Kier alpha value is -4.72. The minimum absolute atomic E-state index is 0.0575. The Labute approximate surface area is 195 Å². The number of carboxylic acid groups (broad SMARTS) is 2. The van der Waals surface area contributed by atoms with Gasteiger partial charge < -0.3 is 15.1 Å². The fourth-order valence-electron chi connectivity index (χ4n) is 3.54. The highest BCUT2D eigenvalue weighted by Crippen LogP contribution is 2.30. The van der Waals surface area contributed by atoms with Crippen molar-refractivity contribution in [2.24, 2.45) is 5.10 Å². The summed E-state index contributed by atoms with van der Waals surface area (Å²) in [4.78, 5) is 38.5. The van der Waals surface area contributed by atoms with Gasteiger partial charge >= 0.3 is 11.9 Å². The Balaban J connectivity index is 1.84. The highest BCUT2D eigenvalue weighted by molar-refractivity contribution is 6.37. The van der Waals surface area contributed by atoms with E-state index in [2.05, 4.69) is 5.10 Å². The van der Waals surface area contributed by atoms with E-state index in [1.54, 1.807) is 6.08 Å². The Bertz CT molecular complexity index is 1310. The van der Waals surface area contributed by atoms with Crippen molar-refractivity contribution in [2.45, 2.75) is 0 Å². The van der Waals surface area contributed by atoms with Gasteiger partial charge in [0, 0.05) is 25.3 Å². The van der Waals surface area contributed by atoms with E-state index < -0.39 is 17.8 Å². The van der Waals surface area contributed by atoms with Crippen molar-refractivity contribution < 1.29 is 24.6 Å². The molecule has 170 valence electrons. The van der Waals surface area contributed by atoms with Crippen LogP contribution < -0.4 is 9.91 Å². The minimum Gasteiger partial charge on any atom is -0.478 e. The summed E-state index contributed by atoms with van der Waals surface area (Å²) in [5, 5.41) is 24.3. The van der Waals surface area contributed by atoms with E-state index >= 15 is 0 Å². The minimum atomic E-state index is -1.31. The van der Waals surface area contributed by atoms with E-state index in [1.807, 2.05) is 73.6 Å². The lowest BCUT2D eigenvalue weighted by Crippen LogP contribution is -2.22. The molecule has 0 saturated heterocycles. The smallest absolute Gasteiger partial charge is 0.335 e. The van der Waals surface area contributed by atoms with Crippen LogP contribution in [-0.4, -0.2) is 47.9 Å². The Morgan fingerprint density at radius 2 is 1.47 bits per heavy atom. The number of aromatic carboxylic acids is 2. The van der Waals surface area contributed by atoms with Gasteiger partial charge in [0.2, 0.25) is 0 Å². The molecule has 3 aromatic rings. The molecule has 0 unspecified atom stereocenters. The Morgan fingerprint density at radius 1 is 0.882 bits per heavy atom. The molecule has 34 heavy (non-hydrogen) atoms. The lowest BCUT2D eigenvalue weighted by atomic mass is 10.00. The average Bonchev–Trinajstić information content (AvgIpc) is 3.15. The monoisotopic (exact) mass is 455 g/mol. The number of hydrogen-bond acceptors (Lipinski definition) is 5. The molecule has 0 aliphatic carbocycles. The van der Waals surface area contributed by atoms with E-state index in [9.17, 15) is 24.6 Å². The molecule has 2 N–H and O–H groups in total. The van der Waals surface area contributed by atoms with Crippen molar-refractivity contribution >= 4 is 41.0 Å². The van der Waals surface area contributed by atoms with Gasteiger partial charge in [-0.25, -0.2) is 9.59 Å². The van der Waals surface area contributed by atoms with Crippen molar-refractivity contribution in [3.63, 3.8) is 0 Å². The van der Waals surface area contributed by atoms with Crippen LogP contribution in [-0.2, 0) is 4.79 Å². The average molecular weight is 455 g/mol. The largest absolute Gasteiger partial charge is 0.478 e. The Kier molecular flexibility index (Phi) is 5.97. The van der Waals surface area contributed by atoms with Gasteiger partial charge in [-0.15, -0.1) is 0 Å². The van der Waals surface area contributed by atoms with Crippen LogP contribution >= 0.6 is 0 Å². The SMILES string of the molecule is CN(C)c1ccc(/C=C2/C(=O)N(c3cc(C(=O)O)cc(C(=O)O)c3)N=C2c2ccccc2)cc1. The van der Waals surface area contributed by atoms with Gasteiger partial charge in [-0.3, -0.25) is 4.79 Å². The van der Waals surface area contributed by atoms with Gasteiger partial charge in [-0.1, -0.05) is 42.5 Å². The molecule has 0 saturated carbocycles. The molecule has 4 rings (SSSR count). The molecule has 1 amide bonds. The number of carboxylic acids is 2. The third kappa shape index (κ3) is 4.42.